The van der Waals surface area contributed by atoms with Crippen molar-refractivity contribution in [2.75, 3.05) is 13.2 Å². The molecule has 2 amide bonds. The Morgan fingerprint density at radius 2 is 1.36 bits per heavy atom. The first kappa shape index (κ1) is 44.2. The topological polar surface area (TPSA) is 283 Å². The zero-order chi connectivity index (χ0) is 44.6. The first-order valence-corrected chi connectivity index (χ1v) is 22.0. The van der Waals surface area contributed by atoms with Crippen molar-refractivity contribution in [2.45, 2.75) is 147 Å². The van der Waals surface area contributed by atoms with E-state index in [0.29, 0.717) is 36.8 Å². The van der Waals surface area contributed by atoms with E-state index in [1.807, 2.05) is 6.92 Å². The van der Waals surface area contributed by atoms with E-state index >= 15 is 4.79 Å². The minimum absolute atomic E-state index is 0.0122. The van der Waals surface area contributed by atoms with Crippen molar-refractivity contribution < 1.29 is 69.4 Å². The monoisotopic (exact) mass is 854 g/mol. The lowest BCUT2D eigenvalue weighted by Crippen LogP contribution is -2.75. The lowest BCUT2D eigenvalue weighted by molar-refractivity contribution is -0.269. The highest BCUT2D eigenvalue weighted by atomic mass is 16.6. The number of aliphatic hydroxyl groups excluding tert-OH is 4. The number of Topliss-reactive ketones (excluding diaryl/α,β-unsaturated/α-hetero) is 2. The van der Waals surface area contributed by atoms with Gasteiger partial charge in [-0.1, -0.05) is 38.8 Å². The smallest absolute Gasteiger partial charge is 0.339 e. The molecule has 6 saturated carbocycles. The normalized spacial score (nSPS) is 47.9. The minimum atomic E-state index is -2.04. The summed E-state index contributed by atoms with van der Waals surface area (Å²) in [6, 6.07) is -3.46. The number of hydrogen-bond donors (Lipinski definition) is 8. The molecule has 0 radical (unpaired) electrons. The Morgan fingerprint density at radius 3 is 1.97 bits per heavy atom. The molecule has 0 aliphatic heterocycles. The molecule has 8 aliphatic rings. The highest BCUT2D eigenvalue weighted by Gasteiger charge is 2.78. The number of allylic oxidation sites excluding steroid dienone is 1. The molecule has 9 N–H and O–H groups in total. The summed E-state index contributed by atoms with van der Waals surface area (Å²) >= 11 is 0. The van der Waals surface area contributed by atoms with Crippen molar-refractivity contribution in [3.05, 3.63) is 23.3 Å². The molecule has 0 spiro atoms. The van der Waals surface area contributed by atoms with Crippen LogP contribution in [0.3, 0.4) is 0 Å². The Bertz CT molecular complexity index is 2020. The van der Waals surface area contributed by atoms with Crippen molar-refractivity contribution in [3.8, 4) is 0 Å². The van der Waals surface area contributed by atoms with Crippen LogP contribution in [0.25, 0.3) is 0 Å². The molecule has 0 saturated heterocycles. The van der Waals surface area contributed by atoms with Gasteiger partial charge in [-0.25, -0.2) is 9.59 Å². The van der Waals surface area contributed by atoms with E-state index in [1.54, 1.807) is 20.8 Å². The summed E-state index contributed by atoms with van der Waals surface area (Å²) in [5.41, 5.74) is -3.51. The molecule has 16 atom stereocenters. The number of carbonyl (C=O) groups excluding carboxylic acids is 6. The zero-order valence-corrected chi connectivity index (χ0v) is 35.5. The average Bonchev–Trinajstić information content (AvgIpc) is 3.63. The molecule has 0 heterocycles. The van der Waals surface area contributed by atoms with Crippen LogP contribution in [0.15, 0.2) is 23.3 Å². The maximum absolute atomic E-state index is 15.5. The van der Waals surface area contributed by atoms with Gasteiger partial charge in [0.2, 0.25) is 0 Å². The van der Waals surface area contributed by atoms with Gasteiger partial charge in [0.05, 0.1) is 12.2 Å². The SMILES string of the molecule is C[C@]12CCC(=O)C=C1CC[C@H]1[C@@H]3CC[C@](O)(C(=O)CO)[C@@]3(C)C[C@H](O)[C@@]12C(C(=O)OC1CC(=O)C=C2CC[C@@H]3[C@H]([C@@H](O)C[C@@]4(C)[C@H]3CC[C@]4(O)C(=O)CO)[C@]21C)N(O)C(N)=O. The van der Waals surface area contributed by atoms with Crippen LogP contribution in [0.2, 0.25) is 0 Å². The standard InChI is InChI=1S/C45H62N2O14/c1-39-12-9-24(50)15-22(39)6-8-29-28-11-14-44(59,33(55)21-49)41(28,3)19-31(53)45(29,39)36(47(60)38(46)57)37(56)61-34-17-25(51)16-23-5-7-26-27-10-13-43(58,32(54)20-48)40(27,2)18-30(52)35(26)42(23,34)4/h15-16,26-31,34-36,48-49,52-53,58-60H,5-14,17-21H2,1-4H3,(H2,46,57)/t26-,27-,28-,29-,30-,31-,34?,35+,36?,39-,40-,41-,42+,43-,44-,45+/m0/s1. The van der Waals surface area contributed by atoms with E-state index in [4.69, 9.17) is 10.5 Å². The second kappa shape index (κ2) is 14.3. The third-order valence-corrected chi connectivity index (χ3v) is 19.2. The van der Waals surface area contributed by atoms with Crippen LogP contribution >= 0.6 is 0 Å². The van der Waals surface area contributed by atoms with Gasteiger partial charge in [-0.3, -0.25) is 24.4 Å². The van der Waals surface area contributed by atoms with Gasteiger partial charge in [-0.05, 0) is 106 Å². The van der Waals surface area contributed by atoms with Crippen LogP contribution in [-0.4, -0.2) is 125 Å². The number of nitrogens with zero attached hydrogens (tertiary/aromatic N) is 1. The summed E-state index contributed by atoms with van der Waals surface area (Å²) in [7, 11) is 0. The lowest BCUT2D eigenvalue weighted by Gasteiger charge is -2.69. The third-order valence-electron chi connectivity index (χ3n) is 19.2. The van der Waals surface area contributed by atoms with E-state index in [1.165, 1.54) is 12.2 Å². The Morgan fingerprint density at radius 1 is 0.787 bits per heavy atom. The van der Waals surface area contributed by atoms with Gasteiger partial charge in [0.1, 0.15) is 30.5 Å². The Labute approximate surface area is 354 Å². The molecule has 336 valence electrons. The minimum Gasteiger partial charge on any atom is -0.459 e. The van der Waals surface area contributed by atoms with Gasteiger partial charge in [0.15, 0.2) is 29.2 Å². The number of nitrogens with two attached hydrogens (primary N) is 1. The van der Waals surface area contributed by atoms with E-state index in [0.717, 1.165) is 0 Å². The summed E-state index contributed by atoms with van der Waals surface area (Å²) in [4.78, 5) is 81.7. The van der Waals surface area contributed by atoms with Crippen LogP contribution < -0.4 is 5.73 Å². The third kappa shape index (κ3) is 5.48. The van der Waals surface area contributed by atoms with Gasteiger partial charge < -0.3 is 41.1 Å². The summed E-state index contributed by atoms with van der Waals surface area (Å²) < 4.78 is 6.53. The first-order chi connectivity index (χ1) is 28.5. The molecule has 8 rings (SSSR count). The molecule has 0 aromatic heterocycles. The number of hydroxylamine groups is 2. The fourth-order valence-corrected chi connectivity index (χ4v) is 16.3. The number of aliphatic hydroxyl groups is 6. The van der Waals surface area contributed by atoms with Gasteiger partial charge >= 0.3 is 12.0 Å². The Balaban J connectivity index is 1.24. The Kier molecular flexibility index (Phi) is 10.4. The van der Waals surface area contributed by atoms with E-state index < -0.39 is 117 Å². The van der Waals surface area contributed by atoms with Crippen molar-refractivity contribution in [2.24, 2.45) is 62.4 Å². The number of ketones is 4. The van der Waals surface area contributed by atoms with E-state index in [-0.39, 0.29) is 86.3 Å². The van der Waals surface area contributed by atoms with Crippen LogP contribution in [-0.2, 0) is 28.7 Å². The highest BCUT2D eigenvalue weighted by Crippen LogP contribution is 2.75. The molecule has 0 aromatic carbocycles. The average molecular weight is 855 g/mol. The van der Waals surface area contributed by atoms with Gasteiger partial charge in [-0.2, -0.15) is 5.06 Å². The summed E-state index contributed by atoms with van der Waals surface area (Å²) in [6.07, 6.45) is 0.615. The summed E-state index contributed by atoms with van der Waals surface area (Å²) in [6.45, 7) is 5.26. The molecule has 8 aliphatic carbocycles. The second-order valence-corrected chi connectivity index (χ2v) is 20.9. The van der Waals surface area contributed by atoms with Gasteiger partial charge in [-0.15, -0.1) is 0 Å². The van der Waals surface area contributed by atoms with Crippen LogP contribution in [0.1, 0.15) is 111 Å². The molecule has 61 heavy (non-hydrogen) atoms. The van der Waals surface area contributed by atoms with E-state index in [2.05, 4.69) is 0 Å². The fraction of sp³-hybridized carbons (Fsp3) is 0.778. The van der Waals surface area contributed by atoms with Crippen LogP contribution in [0.4, 0.5) is 4.79 Å². The van der Waals surface area contributed by atoms with Gasteiger partial charge in [0, 0.05) is 45.8 Å². The number of amides is 2. The largest absolute Gasteiger partial charge is 0.459 e. The van der Waals surface area contributed by atoms with Crippen LogP contribution in [0, 0.1) is 56.7 Å². The molecular formula is C45H62N2O14. The number of hydrogen-bond acceptors (Lipinski definition) is 14. The number of primary amides is 1. The zero-order valence-electron chi connectivity index (χ0n) is 35.5. The second-order valence-electron chi connectivity index (χ2n) is 20.9. The number of fused-ring (bicyclic) bond motifs is 10. The summed E-state index contributed by atoms with van der Waals surface area (Å²) in [5.74, 6) is -5.82. The molecule has 2 unspecified atom stereocenters. The number of urea groups is 1. The molecule has 16 heteroatoms. The van der Waals surface area contributed by atoms with E-state index in [9.17, 15) is 59.8 Å². The lowest BCUT2D eigenvalue weighted by atomic mass is 9.36. The molecule has 16 nitrogen and oxygen atoms in total. The predicted molar refractivity (Wildman–Crippen MR) is 211 cm³/mol. The number of rotatable bonds is 8. The first-order valence-electron chi connectivity index (χ1n) is 22.0. The Hall–Kier alpha value is -3.38. The quantitative estimate of drug-likeness (QED) is 0.0979. The maximum atomic E-state index is 15.5. The fourth-order valence-electron chi connectivity index (χ4n) is 16.3. The van der Waals surface area contributed by atoms with Gasteiger partial charge in [0.25, 0.3) is 0 Å². The summed E-state index contributed by atoms with van der Waals surface area (Å²) in [5, 5.41) is 80.7. The molecule has 0 aromatic rings. The molecule has 6 fully saturated rings. The van der Waals surface area contributed by atoms with Crippen LogP contribution in [0.5, 0.6) is 0 Å². The number of esters is 1. The highest BCUT2D eigenvalue weighted by molar-refractivity contribution is 5.94. The van der Waals surface area contributed by atoms with Crippen molar-refractivity contribution in [1.29, 1.82) is 0 Å². The molecule has 0 bridgehead atoms. The van der Waals surface area contributed by atoms with Crippen molar-refractivity contribution in [3.63, 3.8) is 0 Å². The van der Waals surface area contributed by atoms with Crippen molar-refractivity contribution in [1.82, 2.24) is 5.06 Å². The molecular weight excluding hydrogens is 792 g/mol. The maximum Gasteiger partial charge on any atom is 0.339 e. The number of carbonyl (C=O) groups is 6. The van der Waals surface area contributed by atoms with Crippen molar-refractivity contribution >= 4 is 35.1 Å². The predicted octanol–water partition coefficient (Wildman–Crippen LogP) is 1.61. The number of ether oxygens (including phenoxy) is 1.